The minimum atomic E-state index is 0.277. The van der Waals surface area contributed by atoms with Gasteiger partial charge in [0.25, 0.3) is 0 Å². The molecule has 1 heterocycles. The SMILES string of the molecule is O=Nc1ccccc1Oc1ccc2oc3ccccc3c2c1. The fourth-order valence-electron chi connectivity index (χ4n) is 2.51. The molecule has 0 aliphatic rings. The lowest BCUT2D eigenvalue weighted by Gasteiger charge is -2.06. The summed E-state index contributed by atoms with van der Waals surface area (Å²) in [7, 11) is 0. The molecular formula is C18H11NO3. The van der Waals surface area contributed by atoms with Gasteiger partial charge in [-0.25, -0.2) is 0 Å². The average molecular weight is 289 g/mol. The predicted octanol–water partition coefficient (Wildman–Crippen LogP) is 5.78. The van der Waals surface area contributed by atoms with Crippen molar-refractivity contribution in [1.82, 2.24) is 0 Å². The van der Waals surface area contributed by atoms with Gasteiger partial charge in [-0.15, -0.1) is 4.91 Å². The number of hydrogen-bond donors (Lipinski definition) is 0. The van der Waals surface area contributed by atoms with E-state index in [1.807, 2.05) is 42.5 Å². The van der Waals surface area contributed by atoms with E-state index in [1.54, 1.807) is 24.3 Å². The molecule has 0 aliphatic carbocycles. The molecule has 0 fully saturated rings. The van der Waals surface area contributed by atoms with Gasteiger partial charge in [-0.05, 0) is 41.6 Å². The van der Waals surface area contributed by atoms with E-state index in [1.165, 1.54) is 0 Å². The molecule has 0 unspecified atom stereocenters. The van der Waals surface area contributed by atoms with Gasteiger partial charge in [0.1, 0.15) is 16.9 Å². The molecule has 0 amide bonds. The Labute approximate surface area is 125 Å². The maximum absolute atomic E-state index is 10.8. The van der Waals surface area contributed by atoms with Crippen LogP contribution in [0.15, 0.2) is 76.3 Å². The summed E-state index contributed by atoms with van der Waals surface area (Å²) in [4.78, 5) is 10.8. The first kappa shape index (κ1) is 12.6. The lowest BCUT2D eigenvalue weighted by atomic mass is 10.1. The summed E-state index contributed by atoms with van der Waals surface area (Å²) in [5.74, 6) is 1.07. The van der Waals surface area contributed by atoms with Crippen molar-refractivity contribution in [1.29, 1.82) is 0 Å². The molecule has 4 aromatic rings. The smallest absolute Gasteiger partial charge is 0.156 e. The third-order valence-corrected chi connectivity index (χ3v) is 3.54. The van der Waals surface area contributed by atoms with Crippen molar-refractivity contribution in [2.75, 3.05) is 0 Å². The van der Waals surface area contributed by atoms with Gasteiger partial charge in [0.2, 0.25) is 0 Å². The predicted molar refractivity (Wildman–Crippen MR) is 85.7 cm³/mol. The van der Waals surface area contributed by atoms with Gasteiger partial charge < -0.3 is 9.15 Å². The van der Waals surface area contributed by atoms with Crippen LogP contribution in [0.5, 0.6) is 11.5 Å². The quantitative estimate of drug-likeness (QED) is 0.449. The zero-order valence-electron chi connectivity index (χ0n) is 11.5. The Bertz CT molecular complexity index is 988. The van der Waals surface area contributed by atoms with Crippen LogP contribution in [0.2, 0.25) is 0 Å². The maximum Gasteiger partial charge on any atom is 0.156 e. The Morgan fingerprint density at radius 2 is 1.59 bits per heavy atom. The topological polar surface area (TPSA) is 51.8 Å². The largest absolute Gasteiger partial charge is 0.456 e. The van der Waals surface area contributed by atoms with Crippen molar-refractivity contribution in [2.24, 2.45) is 5.18 Å². The van der Waals surface area contributed by atoms with E-state index in [0.29, 0.717) is 11.5 Å². The fourth-order valence-corrected chi connectivity index (χ4v) is 2.51. The highest BCUT2D eigenvalue weighted by Gasteiger charge is 2.09. The number of nitrogens with zero attached hydrogens (tertiary/aromatic N) is 1. The number of benzene rings is 3. The van der Waals surface area contributed by atoms with Gasteiger partial charge in [0, 0.05) is 10.8 Å². The molecular weight excluding hydrogens is 278 g/mol. The number of hydrogen-bond acceptors (Lipinski definition) is 4. The number of rotatable bonds is 3. The summed E-state index contributed by atoms with van der Waals surface area (Å²) in [5, 5.41) is 4.98. The second-order valence-corrected chi connectivity index (χ2v) is 4.92. The average Bonchev–Trinajstić information content (AvgIpc) is 2.93. The van der Waals surface area contributed by atoms with Gasteiger partial charge in [0.15, 0.2) is 11.4 Å². The molecule has 3 aromatic carbocycles. The Hall–Kier alpha value is -3.14. The molecule has 0 spiro atoms. The molecule has 0 radical (unpaired) electrons. The summed E-state index contributed by atoms with van der Waals surface area (Å²) < 4.78 is 11.6. The number of nitroso groups, excluding NO2 is 1. The van der Waals surface area contributed by atoms with E-state index >= 15 is 0 Å². The van der Waals surface area contributed by atoms with Crippen molar-refractivity contribution in [3.8, 4) is 11.5 Å². The highest BCUT2D eigenvalue weighted by molar-refractivity contribution is 6.05. The maximum atomic E-state index is 10.8. The summed E-state index contributed by atoms with van der Waals surface area (Å²) in [6.07, 6.45) is 0. The highest BCUT2D eigenvalue weighted by Crippen LogP contribution is 2.35. The minimum absolute atomic E-state index is 0.277. The van der Waals surface area contributed by atoms with Crippen molar-refractivity contribution in [3.05, 3.63) is 71.6 Å². The Kier molecular flexibility index (Phi) is 2.86. The number of furan rings is 1. The summed E-state index contributed by atoms with van der Waals surface area (Å²) in [5.41, 5.74) is 1.92. The minimum Gasteiger partial charge on any atom is -0.456 e. The van der Waals surface area contributed by atoms with Crippen LogP contribution in [-0.2, 0) is 0 Å². The molecule has 106 valence electrons. The zero-order chi connectivity index (χ0) is 14.9. The van der Waals surface area contributed by atoms with E-state index < -0.39 is 0 Å². The van der Waals surface area contributed by atoms with Gasteiger partial charge >= 0.3 is 0 Å². The van der Waals surface area contributed by atoms with E-state index in [9.17, 15) is 4.91 Å². The van der Waals surface area contributed by atoms with Gasteiger partial charge in [-0.2, -0.15) is 0 Å². The third kappa shape index (κ3) is 2.02. The van der Waals surface area contributed by atoms with Crippen molar-refractivity contribution in [3.63, 3.8) is 0 Å². The van der Waals surface area contributed by atoms with Gasteiger partial charge in [-0.3, -0.25) is 0 Å². The molecule has 4 heteroatoms. The van der Waals surface area contributed by atoms with Crippen LogP contribution in [0.1, 0.15) is 0 Å². The highest BCUT2D eigenvalue weighted by atomic mass is 16.5. The molecule has 0 N–H and O–H groups in total. The molecule has 4 rings (SSSR count). The van der Waals surface area contributed by atoms with Crippen LogP contribution >= 0.6 is 0 Å². The normalized spacial score (nSPS) is 10.9. The van der Waals surface area contributed by atoms with E-state index in [4.69, 9.17) is 9.15 Å². The van der Waals surface area contributed by atoms with Crippen LogP contribution in [0.25, 0.3) is 21.9 Å². The first-order chi connectivity index (χ1) is 10.8. The lowest BCUT2D eigenvalue weighted by molar-refractivity contribution is 0.484. The van der Waals surface area contributed by atoms with Crippen LogP contribution in [0, 0.1) is 4.91 Å². The Morgan fingerprint density at radius 1 is 0.818 bits per heavy atom. The van der Waals surface area contributed by atoms with Crippen LogP contribution in [-0.4, -0.2) is 0 Å². The zero-order valence-corrected chi connectivity index (χ0v) is 11.5. The molecule has 22 heavy (non-hydrogen) atoms. The van der Waals surface area contributed by atoms with Crippen molar-refractivity contribution in [2.45, 2.75) is 0 Å². The summed E-state index contributed by atoms with van der Waals surface area (Å²) >= 11 is 0. The first-order valence-corrected chi connectivity index (χ1v) is 6.87. The number of para-hydroxylation sites is 2. The molecule has 0 saturated heterocycles. The second kappa shape index (κ2) is 5.00. The third-order valence-electron chi connectivity index (χ3n) is 3.54. The van der Waals surface area contributed by atoms with E-state index in [2.05, 4.69) is 5.18 Å². The summed E-state index contributed by atoms with van der Waals surface area (Å²) in [6, 6.07) is 20.3. The fraction of sp³-hybridized carbons (Fsp3) is 0. The van der Waals surface area contributed by atoms with E-state index in [0.717, 1.165) is 21.9 Å². The Morgan fingerprint density at radius 3 is 2.50 bits per heavy atom. The molecule has 0 saturated carbocycles. The molecule has 0 bridgehead atoms. The molecule has 0 atom stereocenters. The van der Waals surface area contributed by atoms with Crippen LogP contribution < -0.4 is 4.74 Å². The number of fused-ring (bicyclic) bond motifs is 3. The monoisotopic (exact) mass is 289 g/mol. The van der Waals surface area contributed by atoms with E-state index in [-0.39, 0.29) is 5.69 Å². The molecule has 4 nitrogen and oxygen atoms in total. The summed E-state index contributed by atoms with van der Waals surface area (Å²) in [6.45, 7) is 0. The van der Waals surface area contributed by atoms with Crippen molar-refractivity contribution < 1.29 is 9.15 Å². The van der Waals surface area contributed by atoms with Crippen LogP contribution in [0.4, 0.5) is 5.69 Å². The first-order valence-electron chi connectivity index (χ1n) is 6.87. The van der Waals surface area contributed by atoms with Gasteiger partial charge in [0.05, 0.1) is 0 Å². The molecule has 1 aromatic heterocycles. The second-order valence-electron chi connectivity index (χ2n) is 4.92. The van der Waals surface area contributed by atoms with Crippen LogP contribution in [0.3, 0.4) is 0 Å². The van der Waals surface area contributed by atoms with Crippen molar-refractivity contribution >= 4 is 27.6 Å². The standard InChI is InChI=1S/C18H11NO3/c20-19-15-6-2-4-8-18(15)21-12-9-10-17-14(11-12)13-5-1-3-7-16(13)22-17/h1-11H. The Balaban J connectivity index is 1.82. The lowest BCUT2D eigenvalue weighted by Crippen LogP contribution is -1.84. The van der Waals surface area contributed by atoms with Gasteiger partial charge in [-0.1, -0.05) is 30.3 Å². The number of ether oxygens (including phenoxy) is 1. The molecule has 0 aliphatic heterocycles.